The Labute approximate surface area is 95.0 Å². The molecule has 5 heteroatoms. The second kappa shape index (κ2) is 4.58. The molecule has 5 nitrogen and oxygen atoms in total. The monoisotopic (exact) mass is 232 g/mol. The van der Waals surface area contributed by atoms with Crippen LogP contribution in [0.5, 0.6) is 0 Å². The van der Waals surface area contributed by atoms with Crippen molar-refractivity contribution in [2.45, 2.75) is 62.8 Å². The molecule has 2 fully saturated rings. The van der Waals surface area contributed by atoms with E-state index in [1.54, 1.807) is 0 Å². The Hall–Kier alpha value is -0.200. The Bertz CT molecular complexity index is 247. The normalized spacial score (nSPS) is 48.8. The number of hydrogen-bond acceptors (Lipinski definition) is 5. The minimum Gasteiger partial charge on any atom is -0.396 e. The molecular formula is C11H20O5. The van der Waals surface area contributed by atoms with Crippen LogP contribution < -0.4 is 0 Å². The Balaban J connectivity index is 2.09. The van der Waals surface area contributed by atoms with E-state index >= 15 is 0 Å². The molecular weight excluding hydrogens is 212 g/mol. The van der Waals surface area contributed by atoms with Crippen LogP contribution in [0, 0.1) is 0 Å². The summed E-state index contributed by atoms with van der Waals surface area (Å²) in [6, 6.07) is 0. The molecule has 2 heterocycles. The SMILES string of the molecule is C[C@@H]1CC[C@@]2(O[C@H](CCO)C[C@H](O)[C@H]2O)O1. The van der Waals surface area contributed by atoms with Gasteiger partial charge in [-0.25, -0.2) is 0 Å². The lowest BCUT2D eigenvalue weighted by Gasteiger charge is -2.44. The van der Waals surface area contributed by atoms with Gasteiger partial charge in [-0.15, -0.1) is 0 Å². The molecule has 0 aromatic heterocycles. The van der Waals surface area contributed by atoms with Crippen LogP contribution in [0.15, 0.2) is 0 Å². The Kier molecular flexibility index (Phi) is 3.51. The summed E-state index contributed by atoms with van der Waals surface area (Å²) < 4.78 is 11.4. The second-order valence-corrected chi connectivity index (χ2v) is 4.78. The van der Waals surface area contributed by atoms with E-state index in [1.807, 2.05) is 6.92 Å². The van der Waals surface area contributed by atoms with Gasteiger partial charge in [0.15, 0.2) is 5.79 Å². The van der Waals surface area contributed by atoms with E-state index < -0.39 is 18.0 Å². The first kappa shape index (κ1) is 12.3. The van der Waals surface area contributed by atoms with Crippen molar-refractivity contribution in [1.82, 2.24) is 0 Å². The molecule has 0 unspecified atom stereocenters. The lowest BCUT2D eigenvalue weighted by atomic mass is 9.92. The highest BCUT2D eigenvalue weighted by atomic mass is 16.7. The van der Waals surface area contributed by atoms with Gasteiger partial charge in [0.05, 0.1) is 18.3 Å². The second-order valence-electron chi connectivity index (χ2n) is 4.78. The van der Waals surface area contributed by atoms with Crippen LogP contribution >= 0.6 is 0 Å². The maximum atomic E-state index is 9.97. The van der Waals surface area contributed by atoms with Crippen molar-refractivity contribution in [3.63, 3.8) is 0 Å². The Morgan fingerprint density at radius 3 is 2.62 bits per heavy atom. The summed E-state index contributed by atoms with van der Waals surface area (Å²) in [6.45, 7) is 1.94. The molecule has 5 atom stereocenters. The third kappa shape index (κ3) is 2.10. The van der Waals surface area contributed by atoms with Crippen molar-refractivity contribution in [3.8, 4) is 0 Å². The third-order valence-corrected chi connectivity index (χ3v) is 3.44. The van der Waals surface area contributed by atoms with E-state index in [2.05, 4.69) is 0 Å². The summed E-state index contributed by atoms with van der Waals surface area (Å²) in [5.41, 5.74) is 0. The van der Waals surface area contributed by atoms with Gasteiger partial charge in [-0.2, -0.15) is 0 Å². The van der Waals surface area contributed by atoms with Crippen molar-refractivity contribution in [1.29, 1.82) is 0 Å². The fourth-order valence-corrected chi connectivity index (χ4v) is 2.58. The van der Waals surface area contributed by atoms with Gasteiger partial charge in [0.25, 0.3) is 0 Å². The lowest BCUT2D eigenvalue weighted by molar-refractivity contribution is -0.331. The molecule has 0 aromatic carbocycles. The molecule has 0 radical (unpaired) electrons. The van der Waals surface area contributed by atoms with Crippen LogP contribution in [0.1, 0.15) is 32.6 Å². The van der Waals surface area contributed by atoms with Crippen molar-refractivity contribution in [2.75, 3.05) is 6.61 Å². The highest BCUT2D eigenvalue weighted by Crippen LogP contribution is 2.41. The highest BCUT2D eigenvalue weighted by Gasteiger charge is 2.53. The number of hydrogen-bond donors (Lipinski definition) is 3. The number of aliphatic hydroxyl groups excluding tert-OH is 3. The topological polar surface area (TPSA) is 79.2 Å². The largest absolute Gasteiger partial charge is 0.396 e. The maximum Gasteiger partial charge on any atom is 0.197 e. The molecule has 0 bridgehead atoms. The summed E-state index contributed by atoms with van der Waals surface area (Å²) in [6.07, 6.45) is 0.181. The van der Waals surface area contributed by atoms with Gasteiger partial charge in [0, 0.05) is 19.4 Å². The molecule has 1 spiro atoms. The third-order valence-electron chi connectivity index (χ3n) is 3.44. The molecule has 0 aliphatic carbocycles. The fraction of sp³-hybridized carbons (Fsp3) is 1.00. The predicted octanol–water partition coefficient (Wildman–Crippen LogP) is -0.225. The Morgan fingerprint density at radius 1 is 1.31 bits per heavy atom. The minimum absolute atomic E-state index is 0.0130. The summed E-state index contributed by atoms with van der Waals surface area (Å²) in [5, 5.41) is 28.7. The van der Waals surface area contributed by atoms with Crippen molar-refractivity contribution in [3.05, 3.63) is 0 Å². The molecule has 2 rings (SSSR count). The molecule has 0 amide bonds. The van der Waals surface area contributed by atoms with Crippen LogP contribution in [-0.2, 0) is 9.47 Å². The molecule has 0 saturated carbocycles. The van der Waals surface area contributed by atoms with Crippen LogP contribution in [0.25, 0.3) is 0 Å². The van der Waals surface area contributed by atoms with Gasteiger partial charge < -0.3 is 24.8 Å². The summed E-state index contributed by atoms with van der Waals surface area (Å²) in [5.74, 6) is -1.06. The fourth-order valence-electron chi connectivity index (χ4n) is 2.58. The smallest absolute Gasteiger partial charge is 0.197 e. The molecule has 0 aromatic rings. The average Bonchev–Trinajstić information content (AvgIpc) is 2.58. The first-order chi connectivity index (χ1) is 7.57. The molecule has 3 N–H and O–H groups in total. The van der Waals surface area contributed by atoms with Gasteiger partial charge in [-0.1, -0.05) is 0 Å². The summed E-state index contributed by atoms with van der Waals surface area (Å²) in [4.78, 5) is 0. The maximum absolute atomic E-state index is 9.97. The molecule has 16 heavy (non-hydrogen) atoms. The zero-order chi connectivity index (χ0) is 11.8. The summed E-state index contributed by atoms with van der Waals surface area (Å²) >= 11 is 0. The van der Waals surface area contributed by atoms with Gasteiger partial charge >= 0.3 is 0 Å². The van der Waals surface area contributed by atoms with E-state index in [0.717, 1.165) is 6.42 Å². The molecule has 2 aliphatic rings. The van der Waals surface area contributed by atoms with E-state index in [-0.39, 0.29) is 18.8 Å². The van der Waals surface area contributed by atoms with Gasteiger partial charge in [0.1, 0.15) is 6.10 Å². The lowest BCUT2D eigenvalue weighted by Crippen LogP contribution is -2.58. The van der Waals surface area contributed by atoms with E-state index in [1.165, 1.54) is 0 Å². The van der Waals surface area contributed by atoms with Crippen LogP contribution in [0.4, 0.5) is 0 Å². The molecule has 94 valence electrons. The summed E-state index contributed by atoms with van der Waals surface area (Å²) in [7, 11) is 0. The Morgan fingerprint density at radius 2 is 2.06 bits per heavy atom. The average molecular weight is 232 g/mol. The number of ether oxygens (including phenoxy) is 2. The molecule has 2 saturated heterocycles. The van der Waals surface area contributed by atoms with E-state index in [9.17, 15) is 10.2 Å². The number of aliphatic hydroxyl groups is 3. The van der Waals surface area contributed by atoms with Crippen molar-refractivity contribution < 1.29 is 24.8 Å². The van der Waals surface area contributed by atoms with Gasteiger partial charge in [0.2, 0.25) is 0 Å². The number of rotatable bonds is 2. The van der Waals surface area contributed by atoms with E-state index in [0.29, 0.717) is 19.3 Å². The predicted molar refractivity (Wildman–Crippen MR) is 55.7 cm³/mol. The first-order valence-electron chi connectivity index (χ1n) is 5.90. The minimum atomic E-state index is -1.06. The van der Waals surface area contributed by atoms with Gasteiger partial charge in [-0.05, 0) is 19.8 Å². The van der Waals surface area contributed by atoms with Crippen LogP contribution in [0.3, 0.4) is 0 Å². The van der Waals surface area contributed by atoms with Crippen LogP contribution in [0.2, 0.25) is 0 Å². The zero-order valence-corrected chi connectivity index (χ0v) is 9.50. The van der Waals surface area contributed by atoms with Gasteiger partial charge in [-0.3, -0.25) is 0 Å². The quantitative estimate of drug-likeness (QED) is 0.613. The first-order valence-corrected chi connectivity index (χ1v) is 5.90. The van der Waals surface area contributed by atoms with Crippen molar-refractivity contribution in [2.24, 2.45) is 0 Å². The van der Waals surface area contributed by atoms with Crippen LogP contribution in [-0.4, -0.2) is 52.1 Å². The zero-order valence-electron chi connectivity index (χ0n) is 9.50. The molecule has 2 aliphatic heterocycles. The van der Waals surface area contributed by atoms with E-state index in [4.69, 9.17) is 14.6 Å². The van der Waals surface area contributed by atoms with Crippen molar-refractivity contribution >= 4 is 0 Å². The highest BCUT2D eigenvalue weighted by molar-refractivity contribution is 4.95. The standard InChI is InChI=1S/C11H20O5/c1-7-2-4-11(15-7)10(14)9(13)6-8(16-11)3-5-12/h7-10,12-14H,2-6H2,1H3/t7-,8-,9+,10-,11+/m1/s1.